The summed E-state index contributed by atoms with van der Waals surface area (Å²) in [6.45, 7) is 2.04. The third-order valence-corrected chi connectivity index (χ3v) is 2.47. The number of hydrogen-bond acceptors (Lipinski definition) is 3. The molecule has 0 bridgehead atoms. The number of pyridine rings is 1. The smallest absolute Gasteiger partial charge is 0.140 e. The lowest BCUT2D eigenvalue weighted by Gasteiger charge is -2.02. The highest BCUT2D eigenvalue weighted by atomic mass is 16.5. The SMILES string of the molecule is COCCn1cc(CN)c2cccnc21. The first-order valence-corrected chi connectivity index (χ1v) is 4.98. The van der Waals surface area contributed by atoms with Crippen LogP contribution in [0.3, 0.4) is 0 Å². The topological polar surface area (TPSA) is 53.1 Å². The Morgan fingerprint density at radius 3 is 3.13 bits per heavy atom. The molecule has 0 unspecified atom stereocenters. The van der Waals surface area contributed by atoms with E-state index in [1.165, 1.54) is 0 Å². The Hall–Kier alpha value is -1.39. The highest BCUT2D eigenvalue weighted by Crippen LogP contribution is 2.18. The summed E-state index contributed by atoms with van der Waals surface area (Å²) < 4.78 is 7.14. The van der Waals surface area contributed by atoms with Crippen LogP contribution in [0.2, 0.25) is 0 Å². The average molecular weight is 205 g/mol. The number of nitrogens with two attached hydrogens (primary N) is 1. The fourth-order valence-electron chi connectivity index (χ4n) is 1.72. The number of aromatic nitrogens is 2. The van der Waals surface area contributed by atoms with Gasteiger partial charge in [0.1, 0.15) is 5.65 Å². The van der Waals surface area contributed by atoms with Gasteiger partial charge in [-0.15, -0.1) is 0 Å². The maximum absolute atomic E-state index is 5.69. The van der Waals surface area contributed by atoms with Crippen molar-refractivity contribution >= 4 is 11.0 Å². The van der Waals surface area contributed by atoms with Crippen molar-refractivity contribution < 1.29 is 4.74 Å². The minimum Gasteiger partial charge on any atom is -0.383 e. The first kappa shape index (κ1) is 10.1. The summed E-state index contributed by atoms with van der Waals surface area (Å²) in [5, 5.41) is 1.14. The molecule has 0 atom stereocenters. The van der Waals surface area contributed by atoms with E-state index < -0.39 is 0 Å². The Morgan fingerprint density at radius 2 is 2.40 bits per heavy atom. The number of ether oxygens (including phenoxy) is 1. The van der Waals surface area contributed by atoms with Crippen LogP contribution in [0, 0.1) is 0 Å². The van der Waals surface area contributed by atoms with Crippen LogP contribution in [0.4, 0.5) is 0 Å². The van der Waals surface area contributed by atoms with Crippen molar-refractivity contribution in [3.8, 4) is 0 Å². The van der Waals surface area contributed by atoms with Crippen LogP contribution < -0.4 is 5.73 Å². The van der Waals surface area contributed by atoms with Crippen LogP contribution in [0.5, 0.6) is 0 Å². The van der Waals surface area contributed by atoms with Crippen LogP contribution in [0.25, 0.3) is 11.0 Å². The van der Waals surface area contributed by atoms with Gasteiger partial charge in [-0.2, -0.15) is 0 Å². The van der Waals surface area contributed by atoms with Gasteiger partial charge in [0.25, 0.3) is 0 Å². The molecule has 80 valence electrons. The normalized spacial score (nSPS) is 11.1. The third-order valence-electron chi connectivity index (χ3n) is 2.47. The van der Waals surface area contributed by atoms with Gasteiger partial charge in [-0.05, 0) is 17.7 Å². The lowest BCUT2D eigenvalue weighted by Crippen LogP contribution is -2.03. The van der Waals surface area contributed by atoms with E-state index in [1.54, 1.807) is 13.3 Å². The standard InChI is InChI=1S/C11H15N3O/c1-15-6-5-14-8-9(7-12)10-3-2-4-13-11(10)14/h2-4,8H,5-7,12H2,1H3. The number of methoxy groups -OCH3 is 1. The van der Waals surface area contributed by atoms with Crippen molar-refractivity contribution in [3.63, 3.8) is 0 Å². The van der Waals surface area contributed by atoms with Gasteiger partial charge in [-0.3, -0.25) is 0 Å². The van der Waals surface area contributed by atoms with E-state index in [0.717, 1.165) is 23.1 Å². The van der Waals surface area contributed by atoms with E-state index in [1.807, 2.05) is 12.1 Å². The fourth-order valence-corrected chi connectivity index (χ4v) is 1.72. The Labute approximate surface area is 88.7 Å². The summed E-state index contributed by atoms with van der Waals surface area (Å²) in [5.41, 5.74) is 7.80. The minimum absolute atomic E-state index is 0.544. The molecule has 0 saturated heterocycles. The highest BCUT2D eigenvalue weighted by molar-refractivity contribution is 5.80. The second-order valence-corrected chi connectivity index (χ2v) is 3.42. The Balaban J connectivity index is 2.45. The van der Waals surface area contributed by atoms with E-state index >= 15 is 0 Å². The van der Waals surface area contributed by atoms with Crippen LogP contribution in [0.1, 0.15) is 5.56 Å². The molecule has 0 aromatic carbocycles. The van der Waals surface area contributed by atoms with Gasteiger partial charge in [0.15, 0.2) is 0 Å². The molecular formula is C11H15N3O. The van der Waals surface area contributed by atoms with Gasteiger partial charge in [0.05, 0.1) is 6.61 Å². The molecule has 0 fully saturated rings. The van der Waals surface area contributed by atoms with Crippen molar-refractivity contribution in [2.24, 2.45) is 5.73 Å². The molecule has 2 aromatic heterocycles. The zero-order valence-corrected chi connectivity index (χ0v) is 8.81. The molecular weight excluding hydrogens is 190 g/mol. The zero-order chi connectivity index (χ0) is 10.7. The molecule has 4 heteroatoms. The second kappa shape index (κ2) is 4.42. The van der Waals surface area contributed by atoms with E-state index in [-0.39, 0.29) is 0 Å². The van der Waals surface area contributed by atoms with Gasteiger partial charge in [0.2, 0.25) is 0 Å². The van der Waals surface area contributed by atoms with Crippen LogP contribution in [0.15, 0.2) is 24.5 Å². The predicted octanol–water partition coefficient (Wildman–Crippen LogP) is 1.14. The van der Waals surface area contributed by atoms with Crippen molar-refractivity contribution in [1.29, 1.82) is 0 Å². The molecule has 2 N–H and O–H groups in total. The molecule has 2 aromatic rings. The molecule has 0 amide bonds. The number of rotatable bonds is 4. The average Bonchev–Trinajstić information content (AvgIpc) is 2.65. The summed E-state index contributed by atoms with van der Waals surface area (Å²) in [5.74, 6) is 0. The summed E-state index contributed by atoms with van der Waals surface area (Å²) in [6.07, 6.45) is 3.85. The first-order chi connectivity index (χ1) is 7.36. The van der Waals surface area contributed by atoms with Gasteiger partial charge in [-0.25, -0.2) is 4.98 Å². The number of fused-ring (bicyclic) bond motifs is 1. The van der Waals surface area contributed by atoms with E-state index in [9.17, 15) is 0 Å². The number of hydrogen-bond donors (Lipinski definition) is 1. The highest BCUT2D eigenvalue weighted by Gasteiger charge is 2.06. The molecule has 2 rings (SSSR count). The Bertz CT molecular complexity index is 450. The number of nitrogens with zero attached hydrogens (tertiary/aromatic N) is 2. The molecule has 0 saturated carbocycles. The van der Waals surface area contributed by atoms with Gasteiger partial charge in [-0.1, -0.05) is 0 Å². The predicted molar refractivity (Wildman–Crippen MR) is 59.5 cm³/mol. The first-order valence-electron chi connectivity index (χ1n) is 4.98. The van der Waals surface area contributed by atoms with Gasteiger partial charge < -0.3 is 15.0 Å². The molecule has 0 aliphatic rings. The van der Waals surface area contributed by atoms with Gasteiger partial charge >= 0.3 is 0 Å². The summed E-state index contributed by atoms with van der Waals surface area (Å²) in [6, 6.07) is 3.98. The molecule has 0 spiro atoms. The third kappa shape index (κ3) is 1.86. The summed E-state index contributed by atoms with van der Waals surface area (Å²) in [7, 11) is 1.70. The molecule has 15 heavy (non-hydrogen) atoms. The van der Waals surface area contributed by atoms with E-state index in [4.69, 9.17) is 10.5 Å². The van der Waals surface area contributed by atoms with Crippen molar-refractivity contribution in [2.75, 3.05) is 13.7 Å². The van der Waals surface area contributed by atoms with Crippen molar-refractivity contribution in [3.05, 3.63) is 30.1 Å². The molecule has 2 heterocycles. The van der Waals surface area contributed by atoms with Crippen LogP contribution in [-0.2, 0) is 17.8 Å². The molecule has 0 radical (unpaired) electrons. The largest absolute Gasteiger partial charge is 0.383 e. The van der Waals surface area contributed by atoms with E-state index in [0.29, 0.717) is 13.2 Å². The second-order valence-electron chi connectivity index (χ2n) is 3.42. The Morgan fingerprint density at radius 1 is 1.53 bits per heavy atom. The lowest BCUT2D eigenvalue weighted by molar-refractivity contribution is 0.188. The van der Waals surface area contributed by atoms with Crippen LogP contribution in [-0.4, -0.2) is 23.3 Å². The Kier molecular flexibility index (Phi) is 2.99. The maximum Gasteiger partial charge on any atom is 0.140 e. The summed E-state index contributed by atoms with van der Waals surface area (Å²) >= 11 is 0. The fraction of sp³-hybridized carbons (Fsp3) is 0.364. The molecule has 4 nitrogen and oxygen atoms in total. The molecule has 0 aliphatic carbocycles. The minimum atomic E-state index is 0.544. The van der Waals surface area contributed by atoms with Crippen LogP contribution >= 0.6 is 0 Å². The molecule has 0 aliphatic heterocycles. The van der Waals surface area contributed by atoms with E-state index in [2.05, 4.69) is 15.7 Å². The van der Waals surface area contributed by atoms with Crippen molar-refractivity contribution in [1.82, 2.24) is 9.55 Å². The monoisotopic (exact) mass is 205 g/mol. The summed E-state index contributed by atoms with van der Waals surface area (Å²) in [4.78, 5) is 4.35. The zero-order valence-electron chi connectivity index (χ0n) is 8.81. The lowest BCUT2D eigenvalue weighted by atomic mass is 10.2. The van der Waals surface area contributed by atoms with Crippen molar-refractivity contribution in [2.45, 2.75) is 13.1 Å². The maximum atomic E-state index is 5.69. The van der Waals surface area contributed by atoms with Gasteiger partial charge in [0, 0.05) is 38.0 Å². The quantitative estimate of drug-likeness (QED) is 0.814.